The van der Waals surface area contributed by atoms with E-state index in [1.807, 2.05) is 60.7 Å². The second-order valence-electron chi connectivity index (χ2n) is 7.50. The third-order valence-corrected chi connectivity index (χ3v) is 5.12. The third kappa shape index (κ3) is 4.83. The Morgan fingerprint density at radius 2 is 1.62 bits per heavy atom. The van der Waals surface area contributed by atoms with Crippen LogP contribution < -0.4 is 15.9 Å². The third-order valence-electron chi connectivity index (χ3n) is 5.12. The van der Waals surface area contributed by atoms with Crippen molar-refractivity contribution in [3.8, 4) is 5.69 Å². The van der Waals surface area contributed by atoms with E-state index in [2.05, 4.69) is 10.5 Å². The van der Waals surface area contributed by atoms with Crippen molar-refractivity contribution in [1.82, 2.24) is 15.2 Å². The zero-order valence-corrected chi connectivity index (χ0v) is 18.3. The number of carbonyl (C=O) groups is 1. The van der Waals surface area contributed by atoms with E-state index in [0.717, 1.165) is 5.56 Å². The maximum Gasteiger partial charge on any atom is 0.294 e. The van der Waals surface area contributed by atoms with Gasteiger partial charge in [-0.05, 0) is 30.7 Å². The van der Waals surface area contributed by atoms with Crippen LogP contribution in [0.4, 0.5) is 11.4 Å². The van der Waals surface area contributed by atoms with E-state index < -0.39 is 16.3 Å². The quantitative estimate of drug-likeness (QED) is 0.335. The molecule has 3 aromatic carbocycles. The highest BCUT2D eigenvalue weighted by Crippen LogP contribution is 2.22. The molecule has 0 atom stereocenters. The summed E-state index contributed by atoms with van der Waals surface area (Å²) in [4.78, 5) is 36.8. The van der Waals surface area contributed by atoms with Crippen LogP contribution in [-0.2, 0) is 6.54 Å². The number of nitro groups is 1. The summed E-state index contributed by atoms with van der Waals surface area (Å²) < 4.78 is 1.23. The van der Waals surface area contributed by atoms with Crippen molar-refractivity contribution in [2.45, 2.75) is 13.5 Å². The Labute approximate surface area is 195 Å². The largest absolute Gasteiger partial charge is 0.294 e. The normalized spacial score (nSPS) is 10.5. The Kier molecular flexibility index (Phi) is 6.45. The monoisotopic (exact) mass is 455 g/mol. The Bertz CT molecular complexity index is 1390. The highest BCUT2D eigenvalue weighted by atomic mass is 16.6. The second kappa shape index (κ2) is 9.78. The highest BCUT2D eigenvalue weighted by Gasteiger charge is 2.21. The molecule has 0 fully saturated rings. The number of anilines is 1. The zero-order chi connectivity index (χ0) is 24.1. The number of nitro benzene ring substituents is 1. The minimum absolute atomic E-state index is 0.156. The topological polar surface area (TPSA) is 110 Å². The van der Waals surface area contributed by atoms with E-state index in [9.17, 15) is 19.7 Å². The van der Waals surface area contributed by atoms with E-state index in [1.54, 1.807) is 18.0 Å². The molecule has 0 aliphatic heterocycles. The molecular weight excluding hydrogens is 434 g/mol. The summed E-state index contributed by atoms with van der Waals surface area (Å²) >= 11 is 0. The molecule has 0 radical (unpaired) electrons. The standard InChI is InChI=1S/C25H21N5O4/c1-18-16-23(31)24(26-29(18)21-14-8-9-15-22(21)30(33)34)25(32)27-28(20-12-6-3-7-13-20)17-19-10-4-2-5-11-19/h2-16H,17H2,1H3,(H,27,32). The molecular formula is C25H21N5O4. The minimum atomic E-state index is -0.725. The van der Waals surface area contributed by atoms with Gasteiger partial charge in [0, 0.05) is 17.8 Å². The number of hydrazine groups is 1. The number of aryl methyl sites for hydroxylation is 1. The summed E-state index contributed by atoms with van der Waals surface area (Å²) in [6.07, 6.45) is 0. The molecule has 0 spiro atoms. The molecule has 0 aliphatic carbocycles. The van der Waals surface area contributed by atoms with Crippen LogP contribution >= 0.6 is 0 Å². The Morgan fingerprint density at radius 1 is 1.00 bits per heavy atom. The molecule has 0 saturated carbocycles. The fourth-order valence-electron chi connectivity index (χ4n) is 3.49. The number of para-hydroxylation sites is 3. The molecule has 0 aliphatic rings. The zero-order valence-electron chi connectivity index (χ0n) is 18.3. The highest BCUT2D eigenvalue weighted by molar-refractivity contribution is 5.93. The van der Waals surface area contributed by atoms with Crippen molar-refractivity contribution in [1.29, 1.82) is 0 Å². The summed E-state index contributed by atoms with van der Waals surface area (Å²) in [6, 6.07) is 26.0. The van der Waals surface area contributed by atoms with Gasteiger partial charge < -0.3 is 0 Å². The van der Waals surface area contributed by atoms with E-state index in [4.69, 9.17) is 0 Å². The molecule has 0 bridgehead atoms. The molecule has 0 unspecified atom stereocenters. The number of aromatic nitrogens is 2. The van der Waals surface area contributed by atoms with Crippen LogP contribution in [0.1, 0.15) is 21.7 Å². The SMILES string of the molecule is Cc1cc(=O)c(C(=O)NN(Cc2ccccc2)c2ccccc2)nn1-c1ccccc1[N+](=O)[O-]. The maximum absolute atomic E-state index is 13.2. The first-order valence-electron chi connectivity index (χ1n) is 10.5. The van der Waals surface area contributed by atoms with Crippen molar-refractivity contribution >= 4 is 17.3 Å². The van der Waals surface area contributed by atoms with Gasteiger partial charge in [-0.1, -0.05) is 60.7 Å². The summed E-state index contributed by atoms with van der Waals surface area (Å²) in [5, 5.41) is 17.3. The van der Waals surface area contributed by atoms with Gasteiger partial charge in [0.15, 0.2) is 5.69 Å². The first-order chi connectivity index (χ1) is 16.4. The van der Waals surface area contributed by atoms with E-state index >= 15 is 0 Å². The van der Waals surface area contributed by atoms with Gasteiger partial charge in [-0.3, -0.25) is 30.1 Å². The Morgan fingerprint density at radius 3 is 2.29 bits per heavy atom. The average Bonchev–Trinajstić information content (AvgIpc) is 2.85. The first-order valence-corrected chi connectivity index (χ1v) is 10.5. The van der Waals surface area contributed by atoms with E-state index in [1.165, 1.54) is 28.9 Å². The van der Waals surface area contributed by atoms with Crippen molar-refractivity contribution in [3.05, 3.63) is 128 Å². The predicted molar refractivity (Wildman–Crippen MR) is 128 cm³/mol. The van der Waals surface area contributed by atoms with Gasteiger partial charge in [-0.2, -0.15) is 5.10 Å². The van der Waals surface area contributed by atoms with Gasteiger partial charge in [0.05, 0.1) is 17.2 Å². The number of nitrogens with zero attached hydrogens (tertiary/aromatic N) is 4. The van der Waals surface area contributed by atoms with Crippen LogP contribution in [0, 0.1) is 17.0 Å². The van der Waals surface area contributed by atoms with Crippen molar-refractivity contribution in [2.75, 3.05) is 5.01 Å². The number of amides is 1. The second-order valence-corrected chi connectivity index (χ2v) is 7.50. The minimum Gasteiger partial charge on any atom is -0.287 e. The summed E-state index contributed by atoms with van der Waals surface area (Å²) in [5.74, 6) is -0.725. The van der Waals surface area contributed by atoms with Crippen molar-refractivity contribution < 1.29 is 9.72 Å². The lowest BCUT2D eigenvalue weighted by Gasteiger charge is -2.25. The van der Waals surface area contributed by atoms with E-state index in [-0.39, 0.29) is 17.1 Å². The lowest BCUT2D eigenvalue weighted by Crippen LogP contribution is -2.44. The summed E-state index contributed by atoms with van der Waals surface area (Å²) in [7, 11) is 0. The number of carbonyl (C=O) groups excluding carboxylic acids is 1. The molecule has 4 rings (SSSR count). The van der Waals surface area contributed by atoms with Crippen LogP contribution in [0.5, 0.6) is 0 Å². The smallest absolute Gasteiger partial charge is 0.287 e. The van der Waals surface area contributed by atoms with Crippen LogP contribution in [-0.4, -0.2) is 20.6 Å². The number of hydrogen-bond acceptors (Lipinski definition) is 6. The average molecular weight is 455 g/mol. The van der Waals surface area contributed by atoms with Gasteiger partial charge in [0.2, 0.25) is 5.43 Å². The molecule has 34 heavy (non-hydrogen) atoms. The molecule has 1 heterocycles. The van der Waals surface area contributed by atoms with Gasteiger partial charge in [0.25, 0.3) is 11.6 Å². The summed E-state index contributed by atoms with van der Waals surface area (Å²) in [5.41, 5.74) is 3.78. The van der Waals surface area contributed by atoms with Crippen LogP contribution in [0.2, 0.25) is 0 Å². The van der Waals surface area contributed by atoms with Crippen LogP contribution in [0.25, 0.3) is 5.69 Å². The number of hydrogen-bond donors (Lipinski definition) is 1. The molecule has 0 saturated heterocycles. The lowest BCUT2D eigenvalue weighted by atomic mass is 10.2. The van der Waals surface area contributed by atoms with E-state index in [0.29, 0.717) is 17.9 Å². The van der Waals surface area contributed by atoms with Crippen LogP contribution in [0.3, 0.4) is 0 Å². The number of nitrogens with one attached hydrogen (secondary N) is 1. The summed E-state index contributed by atoms with van der Waals surface area (Å²) in [6.45, 7) is 1.94. The first kappa shape index (κ1) is 22.4. The fraction of sp³-hybridized carbons (Fsp3) is 0.0800. The fourth-order valence-corrected chi connectivity index (χ4v) is 3.49. The van der Waals surface area contributed by atoms with Gasteiger partial charge in [-0.25, -0.2) is 4.68 Å². The predicted octanol–water partition coefficient (Wildman–Crippen LogP) is 3.80. The number of benzene rings is 3. The van der Waals surface area contributed by atoms with Crippen molar-refractivity contribution in [2.24, 2.45) is 0 Å². The molecule has 170 valence electrons. The molecule has 1 N–H and O–H groups in total. The Hall–Kier alpha value is -4.79. The maximum atomic E-state index is 13.2. The number of rotatable bonds is 7. The molecule has 1 amide bonds. The molecule has 4 aromatic rings. The lowest BCUT2D eigenvalue weighted by molar-refractivity contribution is -0.384. The van der Waals surface area contributed by atoms with Crippen LogP contribution in [0.15, 0.2) is 95.8 Å². The van der Waals surface area contributed by atoms with Gasteiger partial charge in [0.1, 0.15) is 5.69 Å². The molecule has 9 heteroatoms. The Balaban J connectivity index is 1.71. The van der Waals surface area contributed by atoms with Crippen molar-refractivity contribution in [3.63, 3.8) is 0 Å². The molecule has 1 aromatic heterocycles. The molecule has 9 nitrogen and oxygen atoms in total. The van der Waals surface area contributed by atoms with Gasteiger partial charge >= 0.3 is 0 Å². The van der Waals surface area contributed by atoms with Gasteiger partial charge in [-0.15, -0.1) is 0 Å².